The van der Waals surface area contributed by atoms with Crippen LogP contribution in [0.2, 0.25) is 5.02 Å². The van der Waals surface area contributed by atoms with Gasteiger partial charge in [-0.05, 0) is 30.3 Å². The van der Waals surface area contributed by atoms with Crippen LogP contribution in [0.1, 0.15) is 15.9 Å². The number of nitrogens with zero attached hydrogens (tertiary/aromatic N) is 2. The van der Waals surface area contributed by atoms with Crippen molar-refractivity contribution in [2.24, 2.45) is 0 Å². The lowest BCUT2D eigenvalue weighted by atomic mass is 10.1. The largest absolute Gasteiger partial charge is 0.418 e. The summed E-state index contributed by atoms with van der Waals surface area (Å²) in [6.07, 6.45) is -1.92. The Balaban J connectivity index is 1.86. The minimum Gasteiger partial charge on any atom is -0.321 e. The molecule has 0 aliphatic carbocycles. The van der Waals surface area contributed by atoms with Gasteiger partial charge in [0.05, 0.1) is 28.7 Å². The molecule has 0 unspecified atom stereocenters. The zero-order valence-corrected chi connectivity index (χ0v) is 13.3. The summed E-state index contributed by atoms with van der Waals surface area (Å²) in [4.78, 5) is 12.3. The van der Waals surface area contributed by atoms with Crippen molar-refractivity contribution in [2.45, 2.75) is 6.18 Å². The molecule has 0 saturated carbocycles. The summed E-state index contributed by atoms with van der Waals surface area (Å²) < 4.78 is 40.7. The van der Waals surface area contributed by atoms with Gasteiger partial charge >= 0.3 is 6.18 Å². The zero-order valence-electron chi connectivity index (χ0n) is 12.6. The summed E-state index contributed by atoms with van der Waals surface area (Å²) in [6.45, 7) is 0. The molecule has 128 valence electrons. The Morgan fingerprint density at radius 3 is 2.52 bits per heavy atom. The van der Waals surface area contributed by atoms with E-state index in [4.69, 9.17) is 11.6 Å². The van der Waals surface area contributed by atoms with Crippen LogP contribution < -0.4 is 5.32 Å². The van der Waals surface area contributed by atoms with E-state index in [-0.39, 0.29) is 16.3 Å². The number of benzene rings is 2. The van der Waals surface area contributed by atoms with Crippen molar-refractivity contribution < 1.29 is 18.0 Å². The van der Waals surface area contributed by atoms with Gasteiger partial charge in [-0.2, -0.15) is 18.3 Å². The van der Waals surface area contributed by atoms with Crippen LogP contribution in [0.15, 0.2) is 60.9 Å². The Morgan fingerprint density at radius 1 is 1.12 bits per heavy atom. The van der Waals surface area contributed by atoms with E-state index in [1.807, 2.05) is 6.07 Å². The fraction of sp³-hybridized carbons (Fsp3) is 0.0588. The molecule has 1 aromatic heterocycles. The summed E-state index contributed by atoms with van der Waals surface area (Å²) >= 11 is 5.62. The van der Waals surface area contributed by atoms with E-state index >= 15 is 0 Å². The van der Waals surface area contributed by atoms with E-state index in [2.05, 4.69) is 10.4 Å². The van der Waals surface area contributed by atoms with Crippen molar-refractivity contribution in [3.8, 4) is 5.69 Å². The molecule has 0 radical (unpaired) electrons. The van der Waals surface area contributed by atoms with E-state index < -0.39 is 17.6 Å². The summed E-state index contributed by atoms with van der Waals surface area (Å²) in [5, 5.41) is 6.23. The molecule has 2 aromatic carbocycles. The maximum atomic E-state index is 13.1. The van der Waals surface area contributed by atoms with Gasteiger partial charge < -0.3 is 5.32 Å². The predicted octanol–water partition coefficient (Wildman–Crippen LogP) is 4.80. The molecule has 4 nitrogen and oxygen atoms in total. The van der Waals surface area contributed by atoms with Crippen LogP contribution in [0.4, 0.5) is 18.9 Å². The number of para-hydroxylation sites is 1. The first kappa shape index (κ1) is 17.0. The smallest absolute Gasteiger partial charge is 0.321 e. The summed E-state index contributed by atoms with van der Waals surface area (Å²) in [7, 11) is 0. The Morgan fingerprint density at radius 2 is 1.84 bits per heavy atom. The molecule has 0 aliphatic heterocycles. The van der Waals surface area contributed by atoms with E-state index in [0.29, 0.717) is 0 Å². The van der Waals surface area contributed by atoms with Crippen LogP contribution in [0, 0.1) is 0 Å². The third-order valence-corrected chi connectivity index (χ3v) is 3.64. The van der Waals surface area contributed by atoms with Gasteiger partial charge in [-0.1, -0.05) is 29.8 Å². The second-order valence-corrected chi connectivity index (χ2v) is 5.59. The highest BCUT2D eigenvalue weighted by atomic mass is 35.5. The van der Waals surface area contributed by atoms with Gasteiger partial charge in [0.15, 0.2) is 0 Å². The van der Waals surface area contributed by atoms with Crippen molar-refractivity contribution in [1.82, 2.24) is 9.78 Å². The normalized spacial score (nSPS) is 11.4. The lowest BCUT2D eigenvalue weighted by molar-refractivity contribution is -0.136. The molecule has 1 N–H and O–H groups in total. The first-order valence-corrected chi connectivity index (χ1v) is 7.50. The van der Waals surface area contributed by atoms with Gasteiger partial charge in [0, 0.05) is 11.2 Å². The minimum absolute atomic E-state index is 0.0674. The molecule has 25 heavy (non-hydrogen) atoms. The predicted molar refractivity (Wildman–Crippen MR) is 88.0 cm³/mol. The maximum Gasteiger partial charge on any atom is 0.418 e. The molecule has 0 bridgehead atoms. The molecule has 0 saturated heterocycles. The van der Waals surface area contributed by atoms with Crippen molar-refractivity contribution in [1.29, 1.82) is 0 Å². The van der Waals surface area contributed by atoms with Crippen LogP contribution in [0.5, 0.6) is 0 Å². The number of amides is 1. The first-order valence-electron chi connectivity index (χ1n) is 7.13. The van der Waals surface area contributed by atoms with Crippen LogP contribution in [-0.2, 0) is 6.18 Å². The molecule has 3 aromatic rings. The second kappa shape index (κ2) is 6.60. The third kappa shape index (κ3) is 3.83. The van der Waals surface area contributed by atoms with E-state index in [1.165, 1.54) is 23.1 Å². The summed E-state index contributed by atoms with van der Waals surface area (Å²) in [5.41, 5.74) is -0.519. The number of hydrogen-bond acceptors (Lipinski definition) is 2. The fourth-order valence-corrected chi connectivity index (χ4v) is 2.39. The average Bonchev–Trinajstić information content (AvgIpc) is 3.06. The molecule has 0 aliphatic rings. The highest BCUT2D eigenvalue weighted by Gasteiger charge is 2.34. The van der Waals surface area contributed by atoms with Gasteiger partial charge in [-0.3, -0.25) is 4.79 Å². The molecule has 0 fully saturated rings. The lowest BCUT2D eigenvalue weighted by Crippen LogP contribution is -2.16. The van der Waals surface area contributed by atoms with Gasteiger partial charge in [-0.25, -0.2) is 4.68 Å². The minimum atomic E-state index is -4.64. The number of carbonyl (C=O) groups excluding carboxylic acids is 1. The van der Waals surface area contributed by atoms with Crippen LogP contribution in [0.3, 0.4) is 0 Å². The quantitative estimate of drug-likeness (QED) is 0.725. The molecule has 8 heteroatoms. The molecule has 1 amide bonds. The standard InChI is InChI=1S/C17H11ClF3N3O/c18-12-6-7-15(14(8-12)17(19,20)21)23-16(25)11-9-22-24(10-11)13-4-2-1-3-5-13/h1-10H,(H,23,25). The number of anilines is 1. The number of rotatable bonds is 3. The van der Waals surface area contributed by atoms with E-state index in [1.54, 1.807) is 24.3 Å². The number of carbonyl (C=O) groups is 1. The van der Waals surface area contributed by atoms with Crippen molar-refractivity contribution in [2.75, 3.05) is 5.32 Å². The number of aromatic nitrogens is 2. The Kier molecular flexibility index (Phi) is 4.50. The first-order chi connectivity index (χ1) is 11.8. The number of hydrogen-bond donors (Lipinski definition) is 1. The number of alkyl halides is 3. The van der Waals surface area contributed by atoms with Crippen molar-refractivity contribution in [3.63, 3.8) is 0 Å². The van der Waals surface area contributed by atoms with Crippen LogP contribution in [0.25, 0.3) is 5.69 Å². The number of nitrogens with one attached hydrogen (secondary N) is 1. The third-order valence-electron chi connectivity index (χ3n) is 3.40. The van der Waals surface area contributed by atoms with E-state index in [9.17, 15) is 18.0 Å². The molecular weight excluding hydrogens is 355 g/mol. The maximum absolute atomic E-state index is 13.1. The molecule has 0 atom stereocenters. The SMILES string of the molecule is O=C(Nc1ccc(Cl)cc1C(F)(F)F)c1cnn(-c2ccccc2)c1. The molecular formula is C17H11ClF3N3O. The van der Waals surface area contributed by atoms with Gasteiger partial charge in [0.25, 0.3) is 5.91 Å². The molecule has 0 spiro atoms. The van der Waals surface area contributed by atoms with Crippen LogP contribution >= 0.6 is 11.6 Å². The lowest BCUT2D eigenvalue weighted by Gasteiger charge is -2.13. The topological polar surface area (TPSA) is 46.9 Å². The molecule has 3 rings (SSSR count). The second-order valence-electron chi connectivity index (χ2n) is 5.15. The Hall–Kier alpha value is -2.80. The van der Waals surface area contributed by atoms with E-state index in [0.717, 1.165) is 17.8 Å². The van der Waals surface area contributed by atoms with Crippen molar-refractivity contribution >= 4 is 23.2 Å². The Bertz CT molecular complexity index is 907. The Labute approximate surface area is 145 Å². The summed E-state index contributed by atoms with van der Waals surface area (Å²) in [5.74, 6) is -0.699. The summed E-state index contributed by atoms with van der Waals surface area (Å²) in [6, 6.07) is 12.2. The van der Waals surface area contributed by atoms with Crippen molar-refractivity contribution in [3.05, 3.63) is 77.1 Å². The van der Waals surface area contributed by atoms with Gasteiger partial charge in [-0.15, -0.1) is 0 Å². The zero-order chi connectivity index (χ0) is 18.0. The fourth-order valence-electron chi connectivity index (χ4n) is 2.22. The van der Waals surface area contributed by atoms with Gasteiger partial charge in [0.1, 0.15) is 0 Å². The number of halogens is 4. The average molecular weight is 366 g/mol. The van der Waals surface area contributed by atoms with Gasteiger partial charge in [0.2, 0.25) is 0 Å². The highest BCUT2D eigenvalue weighted by molar-refractivity contribution is 6.30. The van der Waals surface area contributed by atoms with Crippen LogP contribution in [-0.4, -0.2) is 15.7 Å². The monoisotopic (exact) mass is 365 g/mol. The molecule has 1 heterocycles. The highest BCUT2D eigenvalue weighted by Crippen LogP contribution is 2.36.